The lowest BCUT2D eigenvalue weighted by Gasteiger charge is -2.15. The van der Waals surface area contributed by atoms with Gasteiger partial charge < -0.3 is 0 Å². The lowest BCUT2D eigenvalue weighted by atomic mass is 10.2. The number of halogens is 3. The van der Waals surface area contributed by atoms with Gasteiger partial charge in [0.25, 0.3) is 0 Å². The smallest absolute Gasteiger partial charge is 0.298 e. The van der Waals surface area contributed by atoms with Crippen molar-refractivity contribution in [2.24, 2.45) is 0 Å². The molecule has 28 heavy (non-hydrogen) atoms. The molecule has 0 atom stereocenters. The Kier molecular flexibility index (Phi) is 6.68. The summed E-state index contributed by atoms with van der Waals surface area (Å²) in [6.07, 6.45) is -4.83. The topological polar surface area (TPSA) is 87.3 Å². The molecule has 0 saturated heterocycles. The van der Waals surface area contributed by atoms with Gasteiger partial charge in [-0.05, 0) is 43.2 Å². The average Bonchev–Trinajstić information content (AvgIpc) is 2.61. The molecule has 6 nitrogen and oxygen atoms in total. The average molecular weight is 415 g/mol. The summed E-state index contributed by atoms with van der Waals surface area (Å²) in [6.45, 7) is 3.21. The summed E-state index contributed by atoms with van der Waals surface area (Å²) in [6, 6.07) is 9.66. The van der Waals surface area contributed by atoms with Crippen molar-refractivity contribution < 1.29 is 26.4 Å². The van der Waals surface area contributed by atoms with Crippen molar-refractivity contribution in [2.75, 3.05) is 12.0 Å². The highest BCUT2D eigenvalue weighted by Crippen LogP contribution is 2.34. The van der Waals surface area contributed by atoms with E-state index in [4.69, 9.17) is 0 Å². The zero-order valence-electron chi connectivity index (χ0n) is 15.2. The van der Waals surface area contributed by atoms with Gasteiger partial charge in [0, 0.05) is 13.0 Å². The fourth-order valence-corrected chi connectivity index (χ4v) is 3.77. The van der Waals surface area contributed by atoms with E-state index in [-0.39, 0.29) is 23.5 Å². The number of nitrogens with one attached hydrogen (secondary N) is 3. The highest BCUT2D eigenvalue weighted by Gasteiger charge is 2.33. The molecule has 0 aliphatic heterocycles. The summed E-state index contributed by atoms with van der Waals surface area (Å²) in [4.78, 5) is 11.9. The molecule has 0 aliphatic rings. The molecule has 0 bridgehead atoms. The van der Waals surface area contributed by atoms with Gasteiger partial charge in [-0.1, -0.05) is 24.3 Å². The molecule has 152 valence electrons. The second-order valence-corrected chi connectivity index (χ2v) is 7.87. The predicted molar refractivity (Wildman–Crippen MR) is 98.9 cm³/mol. The van der Waals surface area contributed by atoms with Crippen LogP contribution >= 0.6 is 0 Å². The molecule has 0 heterocycles. The van der Waals surface area contributed by atoms with E-state index in [1.165, 1.54) is 24.3 Å². The van der Waals surface area contributed by atoms with Crippen LogP contribution in [0.4, 0.5) is 18.9 Å². The van der Waals surface area contributed by atoms with Gasteiger partial charge in [-0.25, -0.2) is 13.1 Å². The molecule has 0 unspecified atom stereocenters. The number of rotatable bonds is 7. The molecule has 1 amide bonds. The maximum absolute atomic E-state index is 12.9. The molecule has 0 aromatic heterocycles. The standard InChI is InChI=1S/C18H20F3N3O3S/c1-12-7-8-13(2)16(11-12)28(26,27)22-10-9-17(25)24-23-15-6-4-3-5-14(15)18(19,20)21/h3-8,11,22-23H,9-10H2,1-2H3,(H,24,25). The summed E-state index contributed by atoms with van der Waals surface area (Å²) in [5.41, 5.74) is 4.46. The molecule has 3 N–H and O–H groups in total. The Balaban J connectivity index is 1.91. The molecule has 2 rings (SSSR count). The van der Waals surface area contributed by atoms with Crippen LogP contribution in [0.2, 0.25) is 0 Å². The number of hydrazine groups is 1. The molecule has 0 fully saturated rings. The van der Waals surface area contributed by atoms with Crippen LogP contribution in [0, 0.1) is 13.8 Å². The third-order valence-electron chi connectivity index (χ3n) is 3.85. The fraction of sp³-hybridized carbons (Fsp3) is 0.278. The summed E-state index contributed by atoms with van der Waals surface area (Å²) in [5, 5.41) is 0. The van der Waals surface area contributed by atoms with Crippen LogP contribution in [0.25, 0.3) is 0 Å². The molecule has 0 spiro atoms. The van der Waals surface area contributed by atoms with E-state index in [9.17, 15) is 26.4 Å². The van der Waals surface area contributed by atoms with E-state index < -0.39 is 27.7 Å². The zero-order chi connectivity index (χ0) is 20.9. The quantitative estimate of drug-likeness (QED) is 0.607. The minimum atomic E-state index is -4.57. The number of aryl methyl sites for hydroxylation is 2. The van der Waals surface area contributed by atoms with E-state index in [1.54, 1.807) is 26.0 Å². The number of benzene rings is 2. The monoisotopic (exact) mass is 415 g/mol. The molecular weight excluding hydrogens is 395 g/mol. The van der Waals surface area contributed by atoms with Crippen LogP contribution in [0.1, 0.15) is 23.1 Å². The number of carbonyl (C=O) groups is 1. The number of alkyl halides is 3. The Morgan fingerprint density at radius 1 is 1.07 bits per heavy atom. The van der Waals surface area contributed by atoms with Crippen molar-refractivity contribution in [3.63, 3.8) is 0 Å². The summed E-state index contributed by atoms with van der Waals surface area (Å²) in [5.74, 6) is -0.666. The first-order chi connectivity index (χ1) is 13.0. The molecule has 0 radical (unpaired) electrons. The van der Waals surface area contributed by atoms with Gasteiger partial charge in [0.1, 0.15) is 0 Å². The Hall–Kier alpha value is -2.59. The van der Waals surface area contributed by atoms with Crippen molar-refractivity contribution in [2.45, 2.75) is 31.3 Å². The highest BCUT2D eigenvalue weighted by molar-refractivity contribution is 7.89. The first kappa shape index (κ1) is 21.7. The minimum Gasteiger partial charge on any atom is -0.298 e. The normalized spacial score (nSPS) is 11.9. The third kappa shape index (κ3) is 5.70. The first-order valence-electron chi connectivity index (χ1n) is 8.29. The van der Waals surface area contributed by atoms with Crippen LogP contribution < -0.4 is 15.6 Å². The van der Waals surface area contributed by atoms with E-state index >= 15 is 0 Å². The number of para-hydroxylation sites is 1. The van der Waals surface area contributed by atoms with Gasteiger partial charge in [-0.15, -0.1) is 0 Å². The highest BCUT2D eigenvalue weighted by atomic mass is 32.2. The molecule has 2 aromatic carbocycles. The van der Waals surface area contributed by atoms with Crippen molar-refractivity contribution >= 4 is 21.6 Å². The van der Waals surface area contributed by atoms with Crippen LogP contribution in [-0.4, -0.2) is 20.9 Å². The Bertz CT molecular complexity index is 960. The SMILES string of the molecule is Cc1ccc(C)c(S(=O)(=O)NCCC(=O)NNc2ccccc2C(F)(F)F)c1. The lowest BCUT2D eigenvalue weighted by Crippen LogP contribution is -2.34. The van der Waals surface area contributed by atoms with E-state index in [2.05, 4.69) is 15.6 Å². The van der Waals surface area contributed by atoms with Gasteiger partial charge in [0.2, 0.25) is 15.9 Å². The number of amides is 1. The van der Waals surface area contributed by atoms with Gasteiger partial charge in [0.05, 0.1) is 16.1 Å². The number of sulfonamides is 1. The largest absolute Gasteiger partial charge is 0.418 e. The summed E-state index contributed by atoms with van der Waals surface area (Å²) in [7, 11) is -3.80. The Morgan fingerprint density at radius 3 is 2.43 bits per heavy atom. The predicted octanol–water partition coefficient (Wildman–Crippen LogP) is 3.13. The summed E-state index contributed by atoms with van der Waals surface area (Å²) >= 11 is 0. The van der Waals surface area contributed by atoms with Gasteiger partial charge in [0.15, 0.2) is 0 Å². The van der Waals surface area contributed by atoms with Crippen LogP contribution in [0.3, 0.4) is 0 Å². The van der Waals surface area contributed by atoms with Crippen molar-refractivity contribution in [1.82, 2.24) is 10.1 Å². The third-order valence-corrected chi connectivity index (χ3v) is 5.45. The Labute approximate surface area is 161 Å². The van der Waals surface area contributed by atoms with Gasteiger partial charge in [-0.2, -0.15) is 13.2 Å². The molecule has 0 aliphatic carbocycles. The first-order valence-corrected chi connectivity index (χ1v) is 9.77. The lowest BCUT2D eigenvalue weighted by molar-refractivity contribution is -0.137. The second-order valence-electron chi connectivity index (χ2n) is 6.13. The van der Waals surface area contributed by atoms with Crippen LogP contribution in [0.5, 0.6) is 0 Å². The number of carbonyl (C=O) groups excluding carboxylic acids is 1. The van der Waals surface area contributed by atoms with Crippen molar-refractivity contribution in [1.29, 1.82) is 0 Å². The molecule has 2 aromatic rings. The zero-order valence-corrected chi connectivity index (χ0v) is 16.0. The van der Waals surface area contributed by atoms with E-state index in [0.717, 1.165) is 11.6 Å². The number of anilines is 1. The Morgan fingerprint density at radius 2 is 1.75 bits per heavy atom. The van der Waals surface area contributed by atoms with Gasteiger partial charge >= 0.3 is 6.18 Å². The fourth-order valence-electron chi connectivity index (χ4n) is 2.41. The molecular formula is C18H20F3N3O3S. The summed E-state index contributed by atoms with van der Waals surface area (Å²) < 4.78 is 65.7. The number of hydrogen-bond acceptors (Lipinski definition) is 4. The van der Waals surface area contributed by atoms with Crippen LogP contribution in [0.15, 0.2) is 47.4 Å². The minimum absolute atomic E-state index is 0.116. The van der Waals surface area contributed by atoms with Gasteiger partial charge in [-0.3, -0.25) is 15.6 Å². The number of hydrogen-bond donors (Lipinski definition) is 3. The van der Waals surface area contributed by atoms with Crippen molar-refractivity contribution in [3.05, 3.63) is 59.2 Å². The van der Waals surface area contributed by atoms with E-state index in [0.29, 0.717) is 5.56 Å². The molecule has 0 saturated carbocycles. The molecule has 10 heteroatoms. The van der Waals surface area contributed by atoms with Crippen molar-refractivity contribution in [3.8, 4) is 0 Å². The maximum Gasteiger partial charge on any atom is 0.418 e. The van der Waals surface area contributed by atoms with Crippen LogP contribution in [-0.2, 0) is 21.0 Å². The maximum atomic E-state index is 12.9. The second kappa shape index (κ2) is 8.61. The van der Waals surface area contributed by atoms with E-state index in [1.807, 2.05) is 0 Å².